The van der Waals surface area contributed by atoms with Gasteiger partial charge in [0, 0.05) is 4.90 Å². The molecule has 0 spiro atoms. The maximum atomic E-state index is 12.3. The molecular weight excluding hydrogens is 325 g/mol. The van der Waals surface area contributed by atoms with Gasteiger partial charge < -0.3 is 5.32 Å². The Bertz CT molecular complexity index is 691. The van der Waals surface area contributed by atoms with Crippen LogP contribution in [0.25, 0.3) is 0 Å². The van der Waals surface area contributed by atoms with Crippen molar-refractivity contribution in [3.63, 3.8) is 0 Å². The Morgan fingerprint density at radius 3 is 2.24 bits per heavy atom. The van der Waals surface area contributed by atoms with Crippen LogP contribution in [0.5, 0.6) is 0 Å². The standard InChI is InChI=1S/C12H4ClF3N4S/c13-9-2-1-8(21-12(14,15)16)3-10(9)20-11(6-19)7(4-17)5-18/h1-3,20H. The SMILES string of the molecule is N#CC(C#N)=C(C#N)Nc1cc(SC(F)(F)F)ccc1Cl. The van der Waals surface area contributed by atoms with E-state index in [1.54, 1.807) is 6.07 Å². The van der Waals surface area contributed by atoms with Crippen molar-refractivity contribution in [1.29, 1.82) is 15.8 Å². The number of thioether (sulfide) groups is 1. The molecule has 0 aliphatic carbocycles. The second-order valence-electron chi connectivity index (χ2n) is 3.40. The lowest BCUT2D eigenvalue weighted by molar-refractivity contribution is -0.0328. The Balaban J connectivity index is 3.18. The van der Waals surface area contributed by atoms with Crippen molar-refractivity contribution < 1.29 is 13.2 Å². The second kappa shape index (κ2) is 6.90. The van der Waals surface area contributed by atoms with Crippen molar-refractivity contribution in [2.45, 2.75) is 10.4 Å². The predicted octanol–water partition coefficient (Wildman–Crippen LogP) is 4.19. The van der Waals surface area contributed by atoms with E-state index in [0.29, 0.717) is 0 Å². The van der Waals surface area contributed by atoms with Gasteiger partial charge in [0.15, 0.2) is 5.57 Å². The van der Waals surface area contributed by atoms with Gasteiger partial charge in [0.2, 0.25) is 0 Å². The number of anilines is 1. The Morgan fingerprint density at radius 1 is 1.14 bits per heavy atom. The maximum Gasteiger partial charge on any atom is 0.446 e. The van der Waals surface area contributed by atoms with Crippen LogP contribution >= 0.6 is 23.4 Å². The van der Waals surface area contributed by atoms with Gasteiger partial charge in [0.05, 0.1) is 10.7 Å². The number of nitrogens with one attached hydrogen (secondary N) is 1. The van der Waals surface area contributed by atoms with Crippen LogP contribution in [-0.2, 0) is 0 Å². The van der Waals surface area contributed by atoms with Crippen molar-refractivity contribution in [3.8, 4) is 18.2 Å². The molecule has 1 aromatic carbocycles. The fourth-order valence-electron chi connectivity index (χ4n) is 1.22. The van der Waals surface area contributed by atoms with Crippen LogP contribution in [0.3, 0.4) is 0 Å². The highest BCUT2D eigenvalue weighted by atomic mass is 35.5. The summed E-state index contributed by atoms with van der Waals surface area (Å²) in [5, 5.41) is 28.6. The molecule has 0 radical (unpaired) electrons. The van der Waals surface area contributed by atoms with E-state index in [-0.39, 0.29) is 27.4 Å². The molecule has 0 amide bonds. The summed E-state index contributed by atoms with van der Waals surface area (Å²) in [5.74, 6) is 0. The lowest BCUT2D eigenvalue weighted by Gasteiger charge is -2.10. The molecule has 1 aromatic rings. The molecular formula is C12H4ClF3N4S. The summed E-state index contributed by atoms with van der Waals surface area (Å²) >= 11 is 5.46. The summed E-state index contributed by atoms with van der Waals surface area (Å²) in [6.45, 7) is 0. The fourth-order valence-corrected chi connectivity index (χ4v) is 1.96. The summed E-state index contributed by atoms with van der Waals surface area (Å²) in [5.41, 5.74) is -5.37. The van der Waals surface area contributed by atoms with Gasteiger partial charge >= 0.3 is 5.51 Å². The van der Waals surface area contributed by atoms with Crippen LogP contribution in [0.4, 0.5) is 18.9 Å². The molecule has 0 aromatic heterocycles. The van der Waals surface area contributed by atoms with Gasteiger partial charge in [-0.1, -0.05) is 11.6 Å². The molecule has 0 fully saturated rings. The van der Waals surface area contributed by atoms with Crippen LogP contribution in [0.15, 0.2) is 34.4 Å². The minimum atomic E-state index is -4.47. The van der Waals surface area contributed by atoms with Gasteiger partial charge in [-0.05, 0) is 30.0 Å². The van der Waals surface area contributed by atoms with Crippen LogP contribution in [0.1, 0.15) is 0 Å². The molecule has 1 N–H and O–H groups in total. The van der Waals surface area contributed by atoms with Gasteiger partial charge in [-0.25, -0.2) is 0 Å². The lowest BCUT2D eigenvalue weighted by atomic mass is 10.2. The molecule has 0 bridgehead atoms. The van der Waals surface area contributed by atoms with Crippen LogP contribution in [0.2, 0.25) is 5.02 Å². The minimum absolute atomic E-state index is 0.00883. The lowest BCUT2D eigenvalue weighted by Crippen LogP contribution is -2.03. The van der Waals surface area contributed by atoms with Crippen LogP contribution < -0.4 is 5.32 Å². The van der Waals surface area contributed by atoms with Gasteiger partial charge in [0.25, 0.3) is 0 Å². The van der Waals surface area contributed by atoms with Crippen molar-refractivity contribution >= 4 is 29.1 Å². The molecule has 0 saturated carbocycles. The summed E-state index contributed by atoms with van der Waals surface area (Å²) in [7, 11) is 0. The zero-order chi connectivity index (χ0) is 16.0. The third-order valence-corrected chi connectivity index (χ3v) is 3.07. The molecule has 0 saturated heterocycles. The smallest absolute Gasteiger partial charge is 0.344 e. The molecule has 0 aliphatic rings. The Kier molecular flexibility index (Phi) is 5.49. The number of nitriles is 3. The van der Waals surface area contributed by atoms with E-state index >= 15 is 0 Å². The first-order valence-electron chi connectivity index (χ1n) is 5.07. The normalized spacial score (nSPS) is 9.95. The first kappa shape index (κ1) is 16.7. The van der Waals surface area contributed by atoms with Crippen molar-refractivity contribution in [3.05, 3.63) is 34.5 Å². The van der Waals surface area contributed by atoms with E-state index in [9.17, 15) is 13.2 Å². The Labute approximate surface area is 127 Å². The number of allylic oxidation sites excluding steroid dienone is 2. The zero-order valence-electron chi connectivity index (χ0n) is 9.99. The summed E-state index contributed by atoms with van der Waals surface area (Å²) in [6, 6.07) is 8.04. The third-order valence-electron chi connectivity index (χ3n) is 2.02. The van der Waals surface area contributed by atoms with Crippen LogP contribution in [0, 0.1) is 34.0 Å². The highest BCUT2D eigenvalue weighted by Gasteiger charge is 2.29. The largest absolute Gasteiger partial charge is 0.446 e. The highest BCUT2D eigenvalue weighted by Crippen LogP contribution is 2.39. The first-order chi connectivity index (χ1) is 9.80. The molecule has 0 aliphatic heterocycles. The minimum Gasteiger partial charge on any atom is -0.344 e. The second-order valence-corrected chi connectivity index (χ2v) is 4.95. The Hall–Kier alpha value is -2.34. The van der Waals surface area contributed by atoms with Gasteiger partial charge in [-0.15, -0.1) is 0 Å². The van der Waals surface area contributed by atoms with Gasteiger partial charge in [0.1, 0.15) is 23.9 Å². The predicted molar refractivity (Wildman–Crippen MR) is 70.9 cm³/mol. The number of benzene rings is 1. The van der Waals surface area contributed by atoms with Gasteiger partial charge in [-0.3, -0.25) is 0 Å². The molecule has 0 atom stereocenters. The summed E-state index contributed by atoms with van der Waals surface area (Å²) in [6.07, 6.45) is 0. The number of alkyl halides is 3. The number of halogens is 4. The average Bonchev–Trinajstić information content (AvgIpc) is 2.40. The van der Waals surface area contributed by atoms with E-state index in [4.69, 9.17) is 27.4 Å². The fraction of sp³-hybridized carbons (Fsp3) is 0.0833. The number of hydrogen-bond donors (Lipinski definition) is 1. The maximum absolute atomic E-state index is 12.3. The first-order valence-corrected chi connectivity index (χ1v) is 6.27. The molecule has 1 rings (SSSR count). The van der Waals surface area contributed by atoms with Gasteiger partial charge in [-0.2, -0.15) is 29.0 Å². The number of hydrogen-bond acceptors (Lipinski definition) is 5. The average molecular weight is 329 g/mol. The quantitative estimate of drug-likeness (QED) is 0.664. The number of rotatable bonds is 3. The highest BCUT2D eigenvalue weighted by molar-refractivity contribution is 8.00. The molecule has 9 heteroatoms. The molecule has 0 unspecified atom stereocenters. The summed E-state index contributed by atoms with van der Waals surface area (Å²) < 4.78 is 36.9. The molecule has 0 heterocycles. The molecule has 106 valence electrons. The van der Waals surface area contributed by atoms with Crippen molar-refractivity contribution in [2.75, 3.05) is 5.32 Å². The summed E-state index contributed by atoms with van der Waals surface area (Å²) in [4.78, 5) is -0.151. The molecule has 4 nitrogen and oxygen atoms in total. The zero-order valence-corrected chi connectivity index (χ0v) is 11.6. The van der Waals surface area contributed by atoms with Crippen LogP contribution in [-0.4, -0.2) is 5.51 Å². The molecule has 21 heavy (non-hydrogen) atoms. The van der Waals surface area contributed by atoms with E-state index in [1.165, 1.54) is 18.2 Å². The monoisotopic (exact) mass is 328 g/mol. The topological polar surface area (TPSA) is 83.4 Å². The van der Waals surface area contributed by atoms with E-state index in [1.807, 2.05) is 0 Å². The van der Waals surface area contributed by atoms with E-state index < -0.39 is 16.8 Å². The van der Waals surface area contributed by atoms with Crippen molar-refractivity contribution in [2.24, 2.45) is 0 Å². The van der Waals surface area contributed by atoms with E-state index in [0.717, 1.165) is 12.1 Å². The third kappa shape index (κ3) is 4.92. The number of nitrogens with zero attached hydrogens (tertiary/aromatic N) is 3. The van der Waals surface area contributed by atoms with E-state index in [2.05, 4.69) is 5.32 Å². The Morgan fingerprint density at radius 2 is 1.76 bits per heavy atom. The van der Waals surface area contributed by atoms with Crippen molar-refractivity contribution in [1.82, 2.24) is 0 Å².